The first-order valence-electron chi connectivity index (χ1n) is 6.83. The van der Waals surface area contributed by atoms with Gasteiger partial charge >= 0.3 is 0 Å². The van der Waals surface area contributed by atoms with Gasteiger partial charge in [0.15, 0.2) is 0 Å². The Hall–Kier alpha value is -2.11. The van der Waals surface area contributed by atoms with Gasteiger partial charge in [-0.15, -0.1) is 0 Å². The second-order valence-corrected chi connectivity index (χ2v) is 5.92. The van der Waals surface area contributed by atoms with Crippen LogP contribution in [0.3, 0.4) is 0 Å². The maximum Gasteiger partial charge on any atom is 0.204 e. The Morgan fingerprint density at radius 1 is 1.32 bits per heavy atom. The molecule has 3 aromatic rings. The van der Waals surface area contributed by atoms with Crippen LogP contribution in [0.5, 0.6) is 5.75 Å². The molecule has 6 heteroatoms. The number of hydrazone groups is 1. The van der Waals surface area contributed by atoms with Crippen molar-refractivity contribution in [1.29, 1.82) is 0 Å². The van der Waals surface area contributed by atoms with Crippen molar-refractivity contribution in [1.82, 2.24) is 4.98 Å². The molecule has 0 fully saturated rings. The number of thiazole rings is 1. The highest BCUT2D eigenvalue weighted by Crippen LogP contribution is 2.26. The van der Waals surface area contributed by atoms with E-state index < -0.39 is 0 Å². The Balaban J connectivity index is 1.70. The van der Waals surface area contributed by atoms with Gasteiger partial charge in [0, 0.05) is 0 Å². The van der Waals surface area contributed by atoms with E-state index in [1.807, 2.05) is 49.4 Å². The van der Waals surface area contributed by atoms with E-state index in [0.717, 1.165) is 20.9 Å². The molecule has 1 aromatic heterocycles. The van der Waals surface area contributed by atoms with E-state index in [4.69, 9.17) is 16.3 Å². The molecule has 0 bridgehead atoms. The highest BCUT2D eigenvalue weighted by Gasteiger charge is 2.02. The van der Waals surface area contributed by atoms with Gasteiger partial charge in [-0.05, 0) is 42.8 Å². The summed E-state index contributed by atoms with van der Waals surface area (Å²) in [5, 5.41) is 5.53. The first kappa shape index (κ1) is 14.8. The molecular formula is C16H14ClN3OS. The molecule has 2 aromatic carbocycles. The minimum Gasteiger partial charge on any atom is -0.492 e. The summed E-state index contributed by atoms with van der Waals surface area (Å²) in [5.74, 6) is 0.681. The number of rotatable bonds is 5. The average Bonchev–Trinajstić information content (AvgIpc) is 2.93. The Morgan fingerprint density at radius 2 is 2.18 bits per heavy atom. The van der Waals surface area contributed by atoms with E-state index in [-0.39, 0.29) is 0 Å². The molecule has 0 amide bonds. The van der Waals surface area contributed by atoms with E-state index in [1.54, 1.807) is 17.6 Å². The standard InChI is InChI=1S/C16H14ClN3OS/c1-2-21-14-8-7-11(9-12(14)17)10-18-20-16-19-13-5-3-4-6-15(13)22-16/h3-10H,2H2,1H3,(H,19,20)/b18-10-. The maximum absolute atomic E-state index is 6.14. The van der Waals surface area contributed by atoms with Crippen molar-refractivity contribution < 1.29 is 4.74 Å². The maximum atomic E-state index is 6.14. The lowest BCUT2D eigenvalue weighted by Crippen LogP contribution is -1.94. The molecule has 0 aliphatic carbocycles. The molecule has 0 aliphatic rings. The summed E-state index contributed by atoms with van der Waals surface area (Å²) in [6.45, 7) is 2.51. The Morgan fingerprint density at radius 3 is 2.95 bits per heavy atom. The molecule has 0 spiro atoms. The molecule has 0 unspecified atom stereocenters. The average molecular weight is 332 g/mol. The molecule has 0 atom stereocenters. The molecular weight excluding hydrogens is 318 g/mol. The summed E-state index contributed by atoms with van der Waals surface area (Å²) in [4.78, 5) is 4.45. The van der Waals surface area contributed by atoms with Crippen LogP contribution >= 0.6 is 22.9 Å². The van der Waals surface area contributed by atoms with Gasteiger partial charge in [0.25, 0.3) is 0 Å². The summed E-state index contributed by atoms with van der Waals surface area (Å²) >= 11 is 7.70. The normalized spacial score (nSPS) is 11.2. The van der Waals surface area contributed by atoms with Gasteiger partial charge in [-0.2, -0.15) is 5.10 Å². The third-order valence-corrected chi connectivity index (χ3v) is 4.16. The van der Waals surface area contributed by atoms with Gasteiger partial charge in [-0.25, -0.2) is 4.98 Å². The molecule has 4 nitrogen and oxygen atoms in total. The van der Waals surface area contributed by atoms with Crippen LogP contribution in [0.25, 0.3) is 10.2 Å². The van der Waals surface area contributed by atoms with E-state index in [1.165, 1.54) is 0 Å². The molecule has 22 heavy (non-hydrogen) atoms. The Labute approximate surface area is 137 Å². The minimum absolute atomic E-state index is 0.575. The number of hydrogen-bond donors (Lipinski definition) is 1. The molecule has 0 radical (unpaired) electrons. The van der Waals surface area contributed by atoms with Crippen molar-refractivity contribution in [2.75, 3.05) is 12.0 Å². The number of para-hydroxylation sites is 1. The Bertz CT molecular complexity index is 783. The van der Waals surface area contributed by atoms with Crippen LogP contribution in [-0.4, -0.2) is 17.8 Å². The highest BCUT2D eigenvalue weighted by molar-refractivity contribution is 7.22. The zero-order valence-electron chi connectivity index (χ0n) is 11.9. The minimum atomic E-state index is 0.575. The smallest absolute Gasteiger partial charge is 0.204 e. The second kappa shape index (κ2) is 6.77. The number of fused-ring (bicyclic) bond motifs is 1. The van der Waals surface area contributed by atoms with Gasteiger partial charge < -0.3 is 4.74 Å². The third kappa shape index (κ3) is 3.37. The fraction of sp³-hybridized carbons (Fsp3) is 0.125. The SMILES string of the molecule is CCOc1ccc(/C=N\Nc2nc3ccccc3s2)cc1Cl. The number of aromatic nitrogens is 1. The van der Waals surface area contributed by atoms with Crippen LogP contribution in [0.2, 0.25) is 5.02 Å². The van der Waals surface area contributed by atoms with E-state index in [9.17, 15) is 0 Å². The summed E-state index contributed by atoms with van der Waals surface area (Å²) in [5.41, 5.74) is 4.80. The first-order chi connectivity index (χ1) is 10.8. The number of nitrogens with one attached hydrogen (secondary N) is 1. The lowest BCUT2D eigenvalue weighted by molar-refractivity contribution is 0.340. The lowest BCUT2D eigenvalue weighted by Gasteiger charge is -2.05. The summed E-state index contributed by atoms with van der Waals surface area (Å²) in [6, 6.07) is 13.5. The predicted molar refractivity (Wildman–Crippen MR) is 93.5 cm³/mol. The first-order valence-corrected chi connectivity index (χ1v) is 8.02. The molecule has 3 rings (SSSR count). The van der Waals surface area contributed by atoms with E-state index in [2.05, 4.69) is 15.5 Å². The van der Waals surface area contributed by atoms with Gasteiger partial charge in [0.05, 0.1) is 28.1 Å². The van der Waals surface area contributed by atoms with Crippen LogP contribution in [-0.2, 0) is 0 Å². The third-order valence-electron chi connectivity index (χ3n) is 2.92. The largest absolute Gasteiger partial charge is 0.492 e. The summed E-state index contributed by atoms with van der Waals surface area (Å²) < 4.78 is 6.53. The van der Waals surface area contributed by atoms with Gasteiger partial charge in [-0.3, -0.25) is 5.43 Å². The van der Waals surface area contributed by atoms with Crippen molar-refractivity contribution in [2.45, 2.75) is 6.92 Å². The van der Waals surface area contributed by atoms with Gasteiger partial charge in [-0.1, -0.05) is 35.1 Å². The van der Waals surface area contributed by atoms with E-state index in [0.29, 0.717) is 17.4 Å². The van der Waals surface area contributed by atoms with Crippen molar-refractivity contribution in [3.05, 3.63) is 53.1 Å². The molecule has 1 N–H and O–H groups in total. The van der Waals surface area contributed by atoms with Crippen molar-refractivity contribution in [2.24, 2.45) is 5.10 Å². The van der Waals surface area contributed by atoms with Gasteiger partial charge in [0.1, 0.15) is 5.75 Å². The summed E-state index contributed by atoms with van der Waals surface area (Å²) in [7, 11) is 0. The molecule has 112 valence electrons. The van der Waals surface area contributed by atoms with Crippen LogP contribution in [0.4, 0.5) is 5.13 Å². The fourth-order valence-corrected chi connectivity index (χ4v) is 3.01. The summed E-state index contributed by atoms with van der Waals surface area (Å²) in [6.07, 6.45) is 1.70. The lowest BCUT2D eigenvalue weighted by atomic mass is 10.2. The van der Waals surface area contributed by atoms with Crippen LogP contribution in [0, 0.1) is 0 Å². The zero-order chi connectivity index (χ0) is 15.4. The molecule has 1 heterocycles. The second-order valence-electron chi connectivity index (χ2n) is 4.48. The van der Waals surface area contributed by atoms with Crippen molar-refractivity contribution in [3.8, 4) is 5.75 Å². The monoisotopic (exact) mass is 331 g/mol. The number of ether oxygens (including phenoxy) is 1. The highest BCUT2D eigenvalue weighted by atomic mass is 35.5. The van der Waals surface area contributed by atoms with Crippen LogP contribution < -0.4 is 10.2 Å². The zero-order valence-corrected chi connectivity index (χ0v) is 13.5. The number of hydrogen-bond acceptors (Lipinski definition) is 5. The predicted octanol–water partition coefficient (Wildman–Crippen LogP) is 4.79. The fourth-order valence-electron chi connectivity index (χ4n) is 1.95. The van der Waals surface area contributed by atoms with Crippen LogP contribution in [0.1, 0.15) is 12.5 Å². The number of anilines is 1. The number of benzene rings is 2. The van der Waals surface area contributed by atoms with Gasteiger partial charge in [0.2, 0.25) is 5.13 Å². The Kier molecular flexibility index (Phi) is 4.56. The van der Waals surface area contributed by atoms with Crippen LogP contribution in [0.15, 0.2) is 47.6 Å². The molecule has 0 saturated carbocycles. The van der Waals surface area contributed by atoms with E-state index >= 15 is 0 Å². The van der Waals surface area contributed by atoms with Crippen molar-refractivity contribution >= 4 is 44.5 Å². The molecule has 0 aliphatic heterocycles. The molecule has 0 saturated heterocycles. The number of halogens is 1. The topological polar surface area (TPSA) is 46.5 Å². The van der Waals surface area contributed by atoms with Crippen molar-refractivity contribution in [3.63, 3.8) is 0 Å². The number of nitrogens with zero attached hydrogens (tertiary/aromatic N) is 2. The quantitative estimate of drug-likeness (QED) is 0.540.